The van der Waals surface area contributed by atoms with Gasteiger partial charge in [0.1, 0.15) is 0 Å². The third-order valence-electron chi connectivity index (χ3n) is 4.44. The smallest absolute Gasteiger partial charge is 0.276 e. The van der Waals surface area contributed by atoms with Gasteiger partial charge in [-0.05, 0) is 25.7 Å². The fourth-order valence-electron chi connectivity index (χ4n) is 2.99. The normalized spacial score (nSPS) is 30.9. The van der Waals surface area contributed by atoms with Crippen LogP contribution >= 0.6 is 11.6 Å². The van der Waals surface area contributed by atoms with Gasteiger partial charge >= 0.3 is 0 Å². The van der Waals surface area contributed by atoms with Gasteiger partial charge in [0.05, 0.1) is 22.9 Å². The van der Waals surface area contributed by atoms with Gasteiger partial charge in [-0.3, -0.25) is 9.89 Å². The Hall–Kier alpha value is -1.07. The Kier molecular flexibility index (Phi) is 2.87. The van der Waals surface area contributed by atoms with Crippen molar-refractivity contribution in [1.29, 1.82) is 0 Å². The predicted molar refractivity (Wildman–Crippen MR) is 71.1 cm³/mol. The Morgan fingerprint density at radius 1 is 1.58 bits per heavy atom. The third-order valence-corrected chi connectivity index (χ3v) is 4.90. The maximum atomic E-state index is 12.4. The summed E-state index contributed by atoms with van der Waals surface area (Å²) < 4.78 is 0. The number of hydrogen-bond acceptors (Lipinski definition) is 3. The Labute approximate surface area is 116 Å². The van der Waals surface area contributed by atoms with Gasteiger partial charge < -0.3 is 10.0 Å². The molecule has 2 heterocycles. The minimum atomic E-state index is -0.729. The lowest BCUT2D eigenvalue weighted by atomic mass is 9.88. The molecule has 1 aromatic heterocycles. The standard InChI is InChI=1S/C13H18ClN3O2/c1-7-5-17(6-13(7,19)9-3-4-9)12(18)11-10(14)8(2)15-16-11/h7,9,19H,3-6H2,1-2H3,(H,15,16)/t7-,13+/m0/s1. The van der Waals surface area contributed by atoms with Gasteiger partial charge in [-0.1, -0.05) is 18.5 Å². The fourth-order valence-corrected chi connectivity index (χ4v) is 3.16. The van der Waals surface area contributed by atoms with Crippen LogP contribution in [0.5, 0.6) is 0 Å². The molecule has 0 spiro atoms. The molecule has 1 aromatic rings. The van der Waals surface area contributed by atoms with Crippen molar-refractivity contribution in [3.8, 4) is 0 Å². The summed E-state index contributed by atoms with van der Waals surface area (Å²) in [4.78, 5) is 14.1. The van der Waals surface area contributed by atoms with Gasteiger partial charge in [-0.25, -0.2) is 0 Å². The summed E-state index contributed by atoms with van der Waals surface area (Å²) in [7, 11) is 0. The van der Waals surface area contributed by atoms with Crippen LogP contribution in [0.25, 0.3) is 0 Å². The Morgan fingerprint density at radius 2 is 2.26 bits per heavy atom. The van der Waals surface area contributed by atoms with E-state index in [1.807, 2.05) is 6.92 Å². The number of aromatic amines is 1. The molecule has 1 saturated carbocycles. The number of aliphatic hydroxyl groups is 1. The van der Waals surface area contributed by atoms with E-state index in [4.69, 9.17) is 11.6 Å². The average Bonchev–Trinajstić information content (AvgIpc) is 3.11. The highest BCUT2D eigenvalue weighted by atomic mass is 35.5. The topological polar surface area (TPSA) is 69.2 Å². The van der Waals surface area contributed by atoms with E-state index in [0.29, 0.717) is 29.7 Å². The lowest BCUT2D eigenvalue weighted by Crippen LogP contribution is -2.40. The zero-order chi connectivity index (χ0) is 13.8. The van der Waals surface area contributed by atoms with E-state index in [1.54, 1.807) is 11.8 Å². The van der Waals surface area contributed by atoms with Gasteiger partial charge in [-0.15, -0.1) is 0 Å². The Bertz CT molecular complexity index is 526. The number of nitrogens with zero attached hydrogens (tertiary/aromatic N) is 2. The van der Waals surface area contributed by atoms with E-state index in [1.165, 1.54) is 0 Å². The second-order valence-corrected chi connectivity index (χ2v) is 6.24. The first kappa shape index (κ1) is 12.9. The summed E-state index contributed by atoms with van der Waals surface area (Å²) in [6.45, 7) is 4.73. The molecule has 2 fully saturated rings. The van der Waals surface area contributed by atoms with Crippen molar-refractivity contribution >= 4 is 17.5 Å². The molecule has 5 nitrogen and oxygen atoms in total. The highest BCUT2D eigenvalue weighted by Gasteiger charge is 2.53. The van der Waals surface area contributed by atoms with Gasteiger partial charge in [0.2, 0.25) is 0 Å². The van der Waals surface area contributed by atoms with Crippen molar-refractivity contribution < 1.29 is 9.90 Å². The molecular formula is C13H18ClN3O2. The average molecular weight is 284 g/mol. The first-order chi connectivity index (χ1) is 8.93. The first-order valence-electron chi connectivity index (χ1n) is 6.65. The SMILES string of the molecule is Cc1[nH]nc(C(=O)N2C[C@H](C)[C@@](O)(C3CC3)C2)c1Cl. The number of H-pyrrole nitrogens is 1. The third kappa shape index (κ3) is 1.96. The van der Waals surface area contributed by atoms with E-state index < -0.39 is 5.60 Å². The van der Waals surface area contributed by atoms with Gasteiger partial charge in [0.15, 0.2) is 5.69 Å². The van der Waals surface area contributed by atoms with Crippen LogP contribution in [0.4, 0.5) is 0 Å². The summed E-state index contributed by atoms with van der Waals surface area (Å²) in [6, 6.07) is 0. The second kappa shape index (κ2) is 4.21. The highest BCUT2D eigenvalue weighted by Crippen LogP contribution is 2.47. The second-order valence-electron chi connectivity index (χ2n) is 5.86. The van der Waals surface area contributed by atoms with Crippen molar-refractivity contribution in [2.24, 2.45) is 11.8 Å². The van der Waals surface area contributed by atoms with Crippen LogP contribution < -0.4 is 0 Å². The predicted octanol–water partition coefficient (Wildman–Crippen LogP) is 1.60. The molecule has 1 saturated heterocycles. The largest absolute Gasteiger partial charge is 0.387 e. The zero-order valence-corrected chi connectivity index (χ0v) is 11.9. The molecule has 0 radical (unpaired) electrons. The number of aryl methyl sites for hydroxylation is 1. The molecule has 2 atom stereocenters. The van der Waals surface area contributed by atoms with Crippen molar-refractivity contribution in [3.63, 3.8) is 0 Å². The molecule has 1 aliphatic heterocycles. The Morgan fingerprint density at radius 3 is 2.79 bits per heavy atom. The lowest BCUT2D eigenvalue weighted by molar-refractivity contribution is -0.00367. The summed E-state index contributed by atoms with van der Waals surface area (Å²) in [6.07, 6.45) is 2.12. The molecule has 0 aromatic carbocycles. The van der Waals surface area contributed by atoms with Gasteiger partial charge in [-0.2, -0.15) is 5.10 Å². The van der Waals surface area contributed by atoms with Crippen LogP contribution in [0.15, 0.2) is 0 Å². The number of nitrogens with one attached hydrogen (secondary N) is 1. The van der Waals surface area contributed by atoms with E-state index in [9.17, 15) is 9.90 Å². The van der Waals surface area contributed by atoms with Gasteiger partial charge in [0.25, 0.3) is 5.91 Å². The number of amides is 1. The van der Waals surface area contributed by atoms with E-state index in [0.717, 1.165) is 12.8 Å². The number of hydrogen-bond donors (Lipinski definition) is 2. The molecule has 3 rings (SSSR count). The van der Waals surface area contributed by atoms with Gasteiger partial charge in [0, 0.05) is 12.5 Å². The molecule has 19 heavy (non-hydrogen) atoms. The summed E-state index contributed by atoms with van der Waals surface area (Å²) in [5.74, 6) is 0.247. The van der Waals surface area contributed by atoms with Crippen molar-refractivity contribution in [3.05, 3.63) is 16.4 Å². The van der Waals surface area contributed by atoms with E-state index in [2.05, 4.69) is 10.2 Å². The number of rotatable bonds is 2. The molecule has 1 amide bonds. The quantitative estimate of drug-likeness (QED) is 0.866. The lowest BCUT2D eigenvalue weighted by Gasteiger charge is -2.26. The maximum absolute atomic E-state index is 12.4. The monoisotopic (exact) mass is 283 g/mol. The summed E-state index contributed by atoms with van der Waals surface area (Å²) in [5, 5.41) is 17.7. The van der Waals surface area contributed by atoms with E-state index >= 15 is 0 Å². The molecule has 0 unspecified atom stereocenters. The molecule has 2 N–H and O–H groups in total. The first-order valence-corrected chi connectivity index (χ1v) is 7.03. The van der Waals surface area contributed by atoms with Crippen LogP contribution in [-0.4, -0.2) is 44.8 Å². The van der Waals surface area contributed by atoms with Crippen LogP contribution in [0.1, 0.15) is 35.9 Å². The summed E-state index contributed by atoms with van der Waals surface area (Å²) >= 11 is 6.06. The maximum Gasteiger partial charge on any atom is 0.276 e. The molecule has 6 heteroatoms. The number of β-amino-alcohol motifs (C(OH)–C–C–N with tert-alkyl or cyclic N) is 1. The minimum absolute atomic E-state index is 0.0998. The molecular weight excluding hydrogens is 266 g/mol. The number of carbonyl (C=O) groups is 1. The zero-order valence-electron chi connectivity index (χ0n) is 11.1. The van der Waals surface area contributed by atoms with Crippen LogP contribution in [0, 0.1) is 18.8 Å². The number of halogens is 1. The van der Waals surface area contributed by atoms with E-state index in [-0.39, 0.29) is 17.5 Å². The molecule has 104 valence electrons. The Balaban J connectivity index is 1.81. The van der Waals surface area contributed by atoms with Crippen LogP contribution in [0.2, 0.25) is 5.02 Å². The fraction of sp³-hybridized carbons (Fsp3) is 0.692. The summed E-state index contributed by atoms with van der Waals surface area (Å²) in [5.41, 5.74) is 0.217. The van der Waals surface area contributed by atoms with Crippen molar-refractivity contribution in [2.75, 3.05) is 13.1 Å². The number of likely N-dealkylation sites (tertiary alicyclic amines) is 1. The molecule has 2 aliphatic rings. The minimum Gasteiger partial charge on any atom is -0.387 e. The van der Waals surface area contributed by atoms with Crippen molar-refractivity contribution in [1.82, 2.24) is 15.1 Å². The molecule has 0 bridgehead atoms. The van der Waals surface area contributed by atoms with Crippen LogP contribution in [0.3, 0.4) is 0 Å². The number of aromatic nitrogens is 2. The number of carbonyl (C=O) groups excluding carboxylic acids is 1. The molecule has 1 aliphatic carbocycles. The highest BCUT2D eigenvalue weighted by molar-refractivity contribution is 6.34. The van der Waals surface area contributed by atoms with Crippen molar-refractivity contribution in [2.45, 2.75) is 32.3 Å². The van der Waals surface area contributed by atoms with Crippen LogP contribution in [-0.2, 0) is 0 Å².